The largest absolute Gasteiger partial charge is 0.354 e. The first-order valence-electron chi connectivity index (χ1n) is 17.4. The average molecular weight is 646 g/mol. The van der Waals surface area contributed by atoms with Gasteiger partial charge in [-0.2, -0.15) is 0 Å². The highest BCUT2D eigenvalue weighted by Gasteiger charge is 2.28. The van der Waals surface area contributed by atoms with Gasteiger partial charge in [-0.05, 0) is 66.1 Å². The number of nitrogens with one attached hydrogen (secondary N) is 2. The second kappa shape index (κ2) is 11.8. The first kappa shape index (κ1) is 28.8. The molecule has 8 aromatic rings. The van der Waals surface area contributed by atoms with Crippen LogP contribution in [0.5, 0.6) is 0 Å². The van der Waals surface area contributed by atoms with Crippen LogP contribution < -0.4 is 10.6 Å². The van der Waals surface area contributed by atoms with Crippen LogP contribution in [0.2, 0.25) is 0 Å². The number of allylic oxidation sites excluding steroid dienone is 3. The summed E-state index contributed by atoms with van der Waals surface area (Å²) in [6.07, 6.45) is 9.44. The number of para-hydroxylation sites is 3. The van der Waals surface area contributed by atoms with Crippen molar-refractivity contribution >= 4 is 49.4 Å². The summed E-state index contributed by atoms with van der Waals surface area (Å²) in [4.78, 5) is 5.15. The number of aliphatic imine (C=N–C) groups is 1. The Labute approximate surface area is 290 Å². The van der Waals surface area contributed by atoms with Crippen molar-refractivity contribution in [3.8, 4) is 11.4 Å². The van der Waals surface area contributed by atoms with Crippen molar-refractivity contribution in [1.82, 2.24) is 19.8 Å². The van der Waals surface area contributed by atoms with Crippen LogP contribution in [0.1, 0.15) is 29.9 Å². The molecule has 2 aliphatic rings. The highest BCUT2D eigenvalue weighted by molar-refractivity contribution is 6.19. The molecule has 1 aliphatic heterocycles. The number of hydrogen-bond acceptors (Lipinski definition) is 3. The summed E-state index contributed by atoms with van der Waals surface area (Å²) in [6.45, 7) is 0. The van der Waals surface area contributed by atoms with Gasteiger partial charge in [0, 0.05) is 38.8 Å². The van der Waals surface area contributed by atoms with Gasteiger partial charge in [-0.25, -0.2) is 4.99 Å². The lowest BCUT2D eigenvalue weighted by atomic mass is 9.97. The van der Waals surface area contributed by atoms with E-state index in [9.17, 15) is 0 Å². The molecule has 0 fully saturated rings. The highest BCUT2D eigenvalue weighted by Crippen LogP contribution is 2.39. The van der Waals surface area contributed by atoms with Crippen molar-refractivity contribution in [3.63, 3.8) is 0 Å². The van der Waals surface area contributed by atoms with Gasteiger partial charge in [-0.1, -0.05) is 121 Å². The van der Waals surface area contributed by atoms with Crippen molar-refractivity contribution < 1.29 is 0 Å². The van der Waals surface area contributed by atoms with Gasteiger partial charge in [-0.3, -0.25) is 5.32 Å². The molecule has 0 spiro atoms. The third-order valence-electron chi connectivity index (χ3n) is 10.3. The minimum atomic E-state index is -0.130. The molecule has 1 aliphatic carbocycles. The van der Waals surface area contributed by atoms with Gasteiger partial charge in [-0.15, -0.1) is 0 Å². The summed E-state index contributed by atoms with van der Waals surface area (Å²) in [5.74, 6) is 1.26. The molecular weight excluding hydrogens is 611 g/mol. The highest BCUT2D eigenvalue weighted by atomic mass is 15.3. The van der Waals surface area contributed by atoms with Crippen LogP contribution in [0, 0.1) is 5.92 Å². The predicted octanol–water partition coefficient (Wildman–Crippen LogP) is 10.3. The minimum absolute atomic E-state index is 0.0806. The molecule has 0 amide bonds. The van der Waals surface area contributed by atoms with E-state index in [2.05, 4.69) is 190 Å². The van der Waals surface area contributed by atoms with Crippen molar-refractivity contribution in [2.75, 3.05) is 0 Å². The van der Waals surface area contributed by atoms with Gasteiger partial charge < -0.3 is 14.5 Å². The maximum Gasteiger partial charge on any atom is 0.129 e. The zero-order valence-electron chi connectivity index (χ0n) is 27.4. The van der Waals surface area contributed by atoms with Gasteiger partial charge >= 0.3 is 0 Å². The van der Waals surface area contributed by atoms with Gasteiger partial charge in [0.15, 0.2) is 0 Å². The summed E-state index contributed by atoms with van der Waals surface area (Å²) >= 11 is 0. The van der Waals surface area contributed by atoms with Crippen molar-refractivity contribution in [2.24, 2.45) is 10.9 Å². The monoisotopic (exact) mass is 645 g/mol. The third-order valence-corrected chi connectivity index (χ3v) is 10.3. The first-order valence-corrected chi connectivity index (χ1v) is 17.4. The fraction of sp³-hybridized carbons (Fsp3) is 0.0889. The van der Waals surface area contributed by atoms with E-state index in [0.717, 1.165) is 23.5 Å². The fourth-order valence-electron chi connectivity index (χ4n) is 7.91. The molecule has 0 saturated heterocycles. The van der Waals surface area contributed by atoms with E-state index in [-0.39, 0.29) is 18.2 Å². The van der Waals surface area contributed by atoms with E-state index < -0.39 is 0 Å². The van der Waals surface area contributed by atoms with Crippen LogP contribution in [0.3, 0.4) is 0 Å². The van der Waals surface area contributed by atoms with Crippen LogP contribution in [-0.2, 0) is 0 Å². The molecule has 5 nitrogen and oxygen atoms in total. The Kier molecular flexibility index (Phi) is 6.78. The Morgan fingerprint density at radius 1 is 0.520 bits per heavy atom. The lowest BCUT2D eigenvalue weighted by molar-refractivity contribution is 0.399. The number of benzene rings is 6. The van der Waals surface area contributed by atoms with Crippen molar-refractivity contribution in [1.29, 1.82) is 0 Å². The number of aromatic nitrogens is 2. The first-order chi connectivity index (χ1) is 24.8. The smallest absolute Gasteiger partial charge is 0.129 e. The molecule has 0 bridgehead atoms. The molecule has 0 radical (unpaired) electrons. The van der Waals surface area contributed by atoms with Crippen LogP contribution in [0.25, 0.3) is 55.0 Å². The standard InChI is InChI=1S/C45H35N5/c1-4-14-30(15-5-1)43-46-44(31-16-6-2-7-17-31)48-45(47-43)32-24-26-34(27-25-32)50-40-23-13-11-21-36(40)38-28-41-37(29-42(38)50)35-20-10-12-22-39(35)49(41)33-18-8-3-9-19-33/h1-16,18-29,31,43,45,47H,17H2,(H,46,48). The Bertz CT molecular complexity index is 2620. The molecule has 2 aromatic heterocycles. The summed E-state index contributed by atoms with van der Waals surface area (Å²) < 4.78 is 4.82. The molecule has 2 N–H and O–H groups in total. The average Bonchev–Trinajstić information content (AvgIpc) is 3.70. The summed E-state index contributed by atoms with van der Waals surface area (Å²) in [5, 5.41) is 12.5. The molecule has 240 valence electrons. The summed E-state index contributed by atoms with van der Waals surface area (Å²) in [6, 6.07) is 52.5. The summed E-state index contributed by atoms with van der Waals surface area (Å²) in [5.41, 5.74) is 9.46. The topological polar surface area (TPSA) is 46.3 Å². The van der Waals surface area contributed by atoms with E-state index in [4.69, 9.17) is 4.99 Å². The number of amidine groups is 1. The SMILES string of the molecule is C1=CCC(C2=NC(c3ccccc3)NC(c3ccc(-n4c5ccccc5c5cc6c(cc54)c4ccccc4n6-c4ccccc4)cc3)N2)C=C1. The maximum absolute atomic E-state index is 5.15. The second-order valence-electron chi connectivity index (χ2n) is 13.2. The van der Waals surface area contributed by atoms with Crippen LogP contribution in [0.15, 0.2) is 175 Å². The molecular formula is C45H35N5. The minimum Gasteiger partial charge on any atom is -0.354 e. The number of fused-ring (bicyclic) bond motifs is 6. The van der Waals surface area contributed by atoms with Crippen LogP contribution in [-0.4, -0.2) is 15.0 Å². The molecule has 6 aromatic carbocycles. The van der Waals surface area contributed by atoms with Gasteiger partial charge in [0.05, 0.1) is 22.1 Å². The number of rotatable bonds is 5. The molecule has 3 atom stereocenters. The molecule has 50 heavy (non-hydrogen) atoms. The van der Waals surface area contributed by atoms with Crippen LogP contribution in [0.4, 0.5) is 0 Å². The fourth-order valence-corrected chi connectivity index (χ4v) is 7.91. The lowest BCUT2D eigenvalue weighted by Crippen LogP contribution is -2.47. The van der Waals surface area contributed by atoms with Crippen molar-refractivity contribution in [2.45, 2.75) is 18.8 Å². The Balaban J connectivity index is 1.09. The second-order valence-corrected chi connectivity index (χ2v) is 13.2. The quantitative estimate of drug-likeness (QED) is 0.196. The Morgan fingerprint density at radius 3 is 1.72 bits per heavy atom. The molecule has 10 rings (SSSR count). The lowest BCUT2D eigenvalue weighted by Gasteiger charge is -2.34. The zero-order valence-corrected chi connectivity index (χ0v) is 27.4. The number of hydrogen-bond donors (Lipinski definition) is 2. The van der Waals surface area contributed by atoms with Crippen molar-refractivity contribution in [3.05, 3.63) is 181 Å². The van der Waals surface area contributed by atoms with Gasteiger partial charge in [0.1, 0.15) is 18.2 Å². The number of nitrogens with zero attached hydrogens (tertiary/aromatic N) is 3. The Morgan fingerprint density at radius 2 is 1.10 bits per heavy atom. The zero-order chi connectivity index (χ0) is 33.0. The molecule has 5 heteroatoms. The van der Waals surface area contributed by atoms with E-state index in [1.165, 1.54) is 54.9 Å². The van der Waals surface area contributed by atoms with E-state index in [1.54, 1.807) is 0 Å². The Hall–Kier alpha value is -6.17. The predicted molar refractivity (Wildman–Crippen MR) is 207 cm³/mol. The molecule has 3 heterocycles. The maximum atomic E-state index is 5.15. The molecule has 0 saturated carbocycles. The van der Waals surface area contributed by atoms with Crippen LogP contribution >= 0.6 is 0 Å². The molecule has 3 unspecified atom stereocenters. The van der Waals surface area contributed by atoms with E-state index in [1.807, 2.05) is 0 Å². The normalized spacial score (nSPS) is 19.0. The summed E-state index contributed by atoms with van der Waals surface area (Å²) in [7, 11) is 0. The van der Waals surface area contributed by atoms with E-state index in [0.29, 0.717) is 0 Å². The van der Waals surface area contributed by atoms with Gasteiger partial charge in [0.25, 0.3) is 0 Å². The van der Waals surface area contributed by atoms with Gasteiger partial charge in [0.2, 0.25) is 0 Å². The third kappa shape index (κ3) is 4.70. The van der Waals surface area contributed by atoms with E-state index >= 15 is 0 Å².